The summed E-state index contributed by atoms with van der Waals surface area (Å²) in [6.07, 6.45) is 1.62. The van der Waals surface area contributed by atoms with E-state index in [9.17, 15) is 9.59 Å². The third kappa shape index (κ3) is 3.93. The molecule has 32 heavy (non-hydrogen) atoms. The number of hydrogen-bond acceptors (Lipinski definition) is 6. The van der Waals surface area contributed by atoms with Crippen molar-refractivity contribution in [1.29, 1.82) is 0 Å². The maximum absolute atomic E-state index is 12.8. The van der Waals surface area contributed by atoms with Crippen molar-refractivity contribution >= 4 is 34.8 Å². The first-order valence-electron chi connectivity index (χ1n) is 9.32. The van der Waals surface area contributed by atoms with Gasteiger partial charge in [0.05, 0.1) is 36.2 Å². The molecule has 2 aromatic heterocycles. The van der Waals surface area contributed by atoms with Crippen LogP contribution in [0.5, 0.6) is 11.5 Å². The first-order chi connectivity index (χ1) is 15.4. The lowest BCUT2D eigenvalue weighted by Gasteiger charge is -2.10. The van der Waals surface area contributed by atoms with E-state index in [-0.39, 0.29) is 22.0 Å². The number of amides is 1. The summed E-state index contributed by atoms with van der Waals surface area (Å²) in [5.41, 5.74) is 2.35. The Labute approximate surface area is 187 Å². The Morgan fingerprint density at radius 3 is 2.50 bits per heavy atom. The monoisotopic (exact) mass is 452 g/mol. The molecule has 0 aliphatic rings. The number of carbonyl (C=O) groups is 2. The number of rotatable bonds is 6. The lowest BCUT2D eigenvalue weighted by Crippen LogP contribution is -2.13. The van der Waals surface area contributed by atoms with E-state index in [0.29, 0.717) is 22.8 Å². The maximum Gasteiger partial charge on any atom is 0.335 e. The summed E-state index contributed by atoms with van der Waals surface area (Å²) < 4.78 is 12.2. The van der Waals surface area contributed by atoms with Crippen LogP contribution in [0.2, 0.25) is 5.02 Å². The minimum Gasteiger partial charge on any atom is -0.493 e. The van der Waals surface area contributed by atoms with Crippen LogP contribution < -0.4 is 14.8 Å². The molecule has 0 aliphatic carbocycles. The van der Waals surface area contributed by atoms with Gasteiger partial charge in [0, 0.05) is 17.8 Å². The highest BCUT2D eigenvalue weighted by Crippen LogP contribution is 2.32. The molecule has 9 nitrogen and oxygen atoms in total. The Hall–Kier alpha value is -4.11. The van der Waals surface area contributed by atoms with Crippen molar-refractivity contribution in [1.82, 2.24) is 14.6 Å². The van der Waals surface area contributed by atoms with Crippen LogP contribution in [0.1, 0.15) is 20.8 Å². The number of fused-ring (bicyclic) bond motifs is 1. The second-order valence-corrected chi connectivity index (χ2v) is 7.06. The number of hydrogen-bond donors (Lipinski definition) is 2. The lowest BCUT2D eigenvalue weighted by molar-refractivity contribution is 0.0696. The second kappa shape index (κ2) is 8.56. The van der Waals surface area contributed by atoms with Crippen molar-refractivity contribution in [3.63, 3.8) is 0 Å². The largest absolute Gasteiger partial charge is 0.493 e. The fourth-order valence-electron chi connectivity index (χ4n) is 3.16. The zero-order valence-electron chi connectivity index (χ0n) is 17.0. The highest BCUT2D eigenvalue weighted by atomic mass is 35.5. The number of benzene rings is 2. The number of methoxy groups -OCH3 is 2. The molecule has 0 bridgehead atoms. The van der Waals surface area contributed by atoms with Gasteiger partial charge in [-0.25, -0.2) is 14.3 Å². The van der Waals surface area contributed by atoms with Crippen LogP contribution in [0.15, 0.2) is 54.7 Å². The zero-order chi connectivity index (χ0) is 22.8. The van der Waals surface area contributed by atoms with E-state index in [1.165, 1.54) is 18.2 Å². The number of anilines is 1. The third-order valence-corrected chi connectivity index (χ3v) is 5.05. The van der Waals surface area contributed by atoms with Crippen molar-refractivity contribution in [2.24, 2.45) is 0 Å². The van der Waals surface area contributed by atoms with E-state index in [0.717, 1.165) is 5.56 Å². The van der Waals surface area contributed by atoms with Gasteiger partial charge in [-0.1, -0.05) is 11.6 Å². The Bertz CT molecular complexity index is 1350. The van der Waals surface area contributed by atoms with E-state index < -0.39 is 11.9 Å². The molecule has 10 heteroatoms. The van der Waals surface area contributed by atoms with Crippen LogP contribution in [0, 0.1) is 0 Å². The molecular weight excluding hydrogens is 436 g/mol. The van der Waals surface area contributed by atoms with Crippen LogP contribution in [-0.4, -0.2) is 45.8 Å². The smallest absolute Gasteiger partial charge is 0.335 e. The standard InChI is InChI=1S/C22H17ClN4O5/c1-31-18-6-4-12(10-19(18)32-2)17-7-8-24-20-11-16(26-27(17)20)21(28)25-15-5-3-13(22(29)30)9-14(15)23/h3-11H,1-2H3,(H,25,28)(H,29,30). The van der Waals surface area contributed by atoms with Crippen LogP contribution >= 0.6 is 11.6 Å². The predicted octanol–water partition coefficient (Wildman–Crippen LogP) is 4.02. The highest BCUT2D eigenvalue weighted by molar-refractivity contribution is 6.34. The molecule has 2 heterocycles. The molecule has 1 amide bonds. The van der Waals surface area contributed by atoms with Gasteiger partial charge < -0.3 is 19.9 Å². The number of aromatic nitrogens is 3. The number of carboxylic acids is 1. The lowest BCUT2D eigenvalue weighted by atomic mass is 10.1. The molecule has 2 aromatic carbocycles. The van der Waals surface area contributed by atoms with Crippen molar-refractivity contribution in [3.8, 4) is 22.8 Å². The molecule has 4 aromatic rings. The van der Waals surface area contributed by atoms with Crippen molar-refractivity contribution < 1.29 is 24.2 Å². The van der Waals surface area contributed by atoms with E-state index in [2.05, 4.69) is 15.4 Å². The van der Waals surface area contributed by atoms with E-state index in [4.69, 9.17) is 26.2 Å². The van der Waals surface area contributed by atoms with E-state index >= 15 is 0 Å². The van der Waals surface area contributed by atoms with Gasteiger partial charge in [-0.2, -0.15) is 5.10 Å². The minimum absolute atomic E-state index is 0.0180. The number of nitrogens with zero attached hydrogens (tertiary/aromatic N) is 3. The molecule has 0 fully saturated rings. The molecule has 0 unspecified atom stereocenters. The molecule has 0 spiro atoms. The average molecular weight is 453 g/mol. The van der Waals surface area contributed by atoms with Gasteiger partial charge in [0.15, 0.2) is 22.8 Å². The summed E-state index contributed by atoms with van der Waals surface area (Å²) in [5.74, 6) is -0.481. The maximum atomic E-state index is 12.8. The molecule has 0 aliphatic heterocycles. The Morgan fingerprint density at radius 1 is 1.03 bits per heavy atom. The Balaban J connectivity index is 1.68. The highest BCUT2D eigenvalue weighted by Gasteiger charge is 2.17. The SMILES string of the molecule is COc1ccc(-c2ccnc3cc(C(=O)Nc4ccc(C(=O)O)cc4Cl)nn23)cc1OC. The fourth-order valence-corrected chi connectivity index (χ4v) is 3.38. The summed E-state index contributed by atoms with van der Waals surface area (Å²) >= 11 is 6.10. The molecule has 0 saturated carbocycles. The fraction of sp³-hybridized carbons (Fsp3) is 0.0909. The number of ether oxygens (including phenoxy) is 2. The van der Waals surface area contributed by atoms with Crippen molar-refractivity contribution in [2.75, 3.05) is 19.5 Å². The first kappa shape index (κ1) is 21.1. The summed E-state index contributed by atoms with van der Waals surface area (Å²) in [6.45, 7) is 0. The molecule has 0 radical (unpaired) electrons. The van der Waals surface area contributed by atoms with Crippen molar-refractivity contribution in [2.45, 2.75) is 0 Å². The van der Waals surface area contributed by atoms with Crippen LogP contribution in [0.3, 0.4) is 0 Å². The molecular formula is C22H17ClN4O5. The van der Waals surface area contributed by atoms with Gasteiger partial charge in [-0.3, -0.25) is 4.79 Å². The number of aromatic carboxylic acids is 1. The molecule has 4 rings (SSSR count). The summed E-state index contributed by atoms with van der Waals surface area (Å²) in [6, 6.07) is 12.8. The molecule has 0 atom stereocenters. The topological polar surface area (TPSA) is 115 Å². The third-order valence-electron chi connectivity index (χ3n) is 4.73. The van der Waals surface area contributed by atoms with E-state index in [1.54, 1.807) is 49.2 Å². The normalized spacial score (nSPS) is 10.7. The van der Waals surface area contributed by atoms with Gasteiger partial charge in [-0.15, -0.1) is 0 Å². The van der Waals surface area contributed by atoms with Crippen LogP contribution in [0.4, 0.5) is 5.69 Å². The summed E-state index contributed by atoms with van der Waals surface area (Å²) in [7, 11) is 3.11. The van der Waals surface area contributed by atoms with Gasteiger partial charge in [0.1, 0.15) is 0 Å². The molecule has 162 valence electrons. The quantitative estimate of drug-likeness (QED) is 0.454. The van der Waals surface area contributed by atoms with Gasteiger partial charge >= 0.3 is 5.97 Å². The number of carbonyl (C=O) groups excluding carboxylic acids is 1. The summed E-state index contributed by atoms with van der Waals surface area (Å²) in [5, 5.41) is 16.2. The minimum atomic E-state index is -1.11. The zero-order valence-corrected chi connectivity index (χ0v) is 17.8. The summed E-state index contributed by atoms with van der Waals surface area (Å²) in [4.78, 5) is 28.1. The number of carboxylic acid groups (broad SMARTS) is 1. The van der Waals surface area contributed by atoms with Crippen LogP contribution in [0.25, 0.3) is 16.9 Å². The average Bonchev–Trinajstić information content (AvgIpc) is 3.24. The van der Waals surface area contributed by atoms with Gasteiger partial charge in [-0.05, 0) is 42.5 Å². The Morgan fingerprint density at radius 2 is 1.81 bits per heavy atom. The predicted molar refractivity (Wildman–Crippen MR) is 118 cm³/mol. The van der Waals surface area contributed by atoms with Gasteiger partial charge in [0.25, 0.3) is 5.91 Å². The number of halogens is 1. The molecule has 2 N–H and O–H groups in total. The number of nitrogens with one attached hydrogen (secondary N) is 1. The Kier molecular flexibility index (Phi) is 5.65. The van der Waals surface area contributed by atoms with Crippen molar-refractivity contribution in [3.05, 3.63) is 71.0 Å². The second-order valence-electron chi connectivity index (χ2n) is 6.65. The first-order valence-corrected chi connectivity index (χ1v) is 9.70. The van der Waals surface area contributed by atoms with E-state index in [1.807, 2.05) is 6.07 Å². The van der Waals surface area contributed by atoms with Crippen LogP contribution in [-0.2, 0) is 0 Å². The van der Waals surface area contributed by atoms with Gasteiger partial charge in [0.2, 0.25) is 0 Å². The molecule has 0 saturated heterocycles.